The normalized spacial score (nSPS) is 17.5. The number of anilines is 2. The average molecular weight is 351 g/mol. The second-order valence-electron chi connectivity index (χ2n) is 6.73. The van der Waals surface area contributed by atoms with E-state index in [1.807, 2.05) is 36.4 Å². The topological polar surface area (TPSA) is 61.4 Å². The molecule has 5 nitrogen and oxygen atoms in total. The number of carbonyl (C=O) groups excluding carboxylic acids is 2. The Hall–Kier alpha value is -2.66. The van der Waals surface area contributed by atoms with E-state index in [9.17, 15) is 9.59 Å². The van der Waals surface area contributed by atoms with Crippen LogP contribution in [0.2, 0.25) is 0 Å². The van der Waals surface area contributed by atoms with Gasteiger partial charge in [-0.05, 0) is 50.6 Å². The largest absolute Gasteiger partial charge is 0.324 e. The van der Waals surface area contributed by atoms with E-state index >= 15 is 0 Å². The van der Waals surface area contributed by atoms with Crippen molar-refractivity contribution >= 4 is 23.2 Å². The highest BCUT2D eigenvalue weighted by Crippen LogP contribution is 2.19. The fourth-order valence-corrected chi connectivity index (χ4v) is 3.28. The van der Waals surface area contributed by atoms with Crippen molar-refractivity contribution in [3.63, 3.8) is 0 Å². The minimum absolute atomic E-state index is 0.0845. The van der Waals surface area contributed by atoms with Gasteiger partial charge in [-0.25, -0.2) is 0 Å². The Balaban J connectivity index is 1.66. The third kappa shape index (κ3) is 4.70. The van der Waals surface area contributed by atoms with Crippen molar-refractivity contribution in [1.82, 2.24) is 4.90 Å². The Kier molecular flexibility index (Phi) is 6.02. The number of hydrogen-bond donors (Lipinski definition) is 2. The molecule has 2 amide bonds. The molecule has 1 heterocycles. The van der Waals surface area contributed by atoms with E-state index in [4.69, 9.17) is 0 Å². The monoisotopic (exact) mass is 351 g/mol. The van der Waals surface area contributed by atoms with Gasteiger partial charge in [0.25, 0.3) is 5.91 Å². The molecule has 136 valence electrons. The molecular formula is C21H25N3O2. The van der Waals surface area contributed by atoms with Crippen LogP contribution in [-0.4, -0.2) is 35.8 Å². The summed E-state index contributed by atoms with van der Waals surface area (Å²) in [5, 5.41) is 5.76. The highest BCUT2D eigenvalue weighted by molar-refractivity contribution is 6.10. The van der Waals surface area contributed by atoms with Crippen molar-refractivity contribution in [1.29, 1.82) is 0 Å². The SMILES string of the molecule is C[C@@H]1CCCCN1CC(=O)Nc1ccccc1C(=O)Nc1ccccc1. The van der Waals surface area contributed by atoms with E-state index in [1.54, 1.807) is 18.2 Å². The third-order valence-electron chi connectivity index (χ3n) is 4.76. The maximum Gasteiger partial charge on any atom is 0.257 e. The number of amides is 2. The van der Waals surface area contributed by atoms with E-state index in [-0.39, 0.29) is 11.8 Å². The molecule has 1 atom stereocenters. The summed E-state index contributed by atoms with van der Waals surface area (Å²) in [7, 11) is 0. The van der Waals surface area contributed by atoms with Gasteiger partial charge in [-0.3, -0.25) is 14.5 Å². The molecule has 1 fully saturated rings. The van der Waals surface area contributed by atoms with Crippen LogP contribution in [0.4, 0.5) is 11.4 Å². The molecule has 0 saturated carbocycles. The predicted molar refractivity (Wildman–Crippen MR) is 104 cm³/mol. The molecule has 0 bridgehead atoms. The third-order valence-corrected chi connectivity index (χ3v) is 4.76. The number of carbonyl (C=O) groups is 2. The molecule has 2 aromatic carbocycles. The second kappa shape index (κ2) is 8.63. The first-order valence-electron chi connectivity index (χ1n) is 9.13. The molecule has 5 heteroatoms. The van der Waals surface area contributed by atoms with Crippen molar-refractivity contribution in [2.45, 2.75) is 32.2 Å². The van der Waals surface area contributed by atoms with Gasteiger partial charge in [-0.1, -0.05) is 36.8 Å². The lowest BCUT2D eigenvalue weighted by atomic mass is 10.0. The molecule has 26 heavy (non-hydrogen) atoms. The summed E-state index contributed by atoms with van der Waals surface area (Å²) in [6, 6.07) is 16.8. The summed E-state index contributed by atoms with van der Waals surface area (Å²) < 4.78 is 0. The Morgan fingerprint density at radius 3 is 2.50 bits per heavy atom. The molecule has 1 aliphatic heterocycles. The van der Waals surface area contributed by atoms with Gasteiger partial charge in [-0.15, -0.1) is 0 Å². The summed E-state index contributed by atoms with van der Waals surface area (Å²) >= 11 is 0. The Morgan fingerprint density at radius 1 is 1.00 bits per heavy atom. The lowest BCUT2D eigenvalue weighted by Gasteiger charge is -2.32. The Bertz CT molecular complexity index is 761. The quantitative estimate of drug-likeness (QED) is 0.862. The number of nitrogens with one attached hydrogen (secondary N) is 2. The van der Waals surface area contributed by atoms with Crippen molar-refractivity contribution in [2.24, 2.45) is 0 Å². The average Bonchev–Trinajstić information content (AvgIpc) is 2.65. The van der Waals surface area contributed by atoms with Gasteiger partial charge in [0.15, 0.2) is 0 Å². The van der Waals surface area contributed by atoms with Crippen molar-refractivity contribution in [2.75, 3.05) is 23.7 Å². The van der Waals surface area contributed by atoms with Crippen LogP contribution in [-0.2, 0) is 4.79 Å². The highest BCUT2D eigenvalue weighted by Gasteiger charge is 2.21. The molecule has 0 unspecified atom stereocenters. The molecule has 0 aromatic heterocycles. The molecule has 0 radical (unpaired) electrons. The summed E-state index contributed by atoms with van der Waals surface area (Å²) in [6.07, 6.45) is 3.48. The summed E-state index contributed by atoms with van der Waals surface area (Å²) in [4.78, 5) is 27.3. The summed E-state index contributed by atoms with van der Waals surface area (Å²) in [5.41, 5.74) is 1.72. The summed E-state index contributed by atoms with van der Waals surface area (Å²) in [6.45, 7) is 3.47. The van der Waals surface area contributed by atoms with Crippen molar-refractivity contribution in [3.05, 3.63) is 60.2 Å². The van der Waals surface area contributed by atoms with E-state index < -0.39 is 0 Å². The van der Waals surface area contributed by atoms with Crippen LogP contribution in [0.1, 0.15) is 36.5 Å². The first-order valence-corrected chi connectivity index (χ1v) is 9.13. The minimum atomic E-state index is -0.238. The molecule has 2 N–H and O–H groups in total. The first kappa shape index (κ1) is 18.1. The lowest BCUT2D eigenvalue weighted by molar-refractivity contribution is -0.118. The lowest BCUT2D eigenvalue weighted by Crippen LogP contribution is -2.42. The van der Waals surface area contributed by atoms with Gasteiger partial charge in [0.1, 0.15) is 0 Å². The molecule has 1 aliphatic rings. The number of hydrogen-bond acceptors (Lipinski definition) is 3. The van der Waals surface area contributed by atoms with Gasteiger partial charge in [0.05, 0.1) is 17.8 Å². The first-order chi connectivity index (χ1) is 12.6. The molecule has 3 rings (SSSR count). The van der Waals surface area contributed by atoms with E-state index in [0.717, 1.165) is 25.1 Å². The second-order valence-corrected chi connectivity index (χ2v) is 6.73. The van der Waals surface area contributed by atoms with Gasteiger partial charge < -0.3 is 10.6 Å². The highest BCUT2D eigenvalue weighted by atomic mass is 16.2. The van der Waals surface area contributed by atoms with Crippen molar-refractivity contribution in [3.8, 4) is 0 Å². The zero-order valence-electron chi connectivity index (χ0n) is 15.1. The van der Waals surface area contributed by atoms with E-state index in [2.05, 4.69) is 22.5 Å². The maximum absolute atomic E-state index is 12.6. The van der Waals surface area contributed by atoms with Crippen LogP contribution in [0.25, 0.3) is 0 Å². The van der Waals surface area contributed by atoms with Crippen LogP contribution in [0, 0.1) is 0 Å². The fraction of sp³-hybridized carbons (Fsp3) is 0.333. The van der Waals surface area contributed by atoms with Gasteiger partial charge in [-0.2, -0.15) is 0 Å². The molecule has 0 aliphatic carbocycles. The number of piperidine rings is 1. The maximum atomic E-state index is 12.6. The molecular weight excluding hydrogens is 326 g/mol. The molecule has 0 spiro atoms. The van der Waals surface area contributed by atoms with E-state index in [0.29, 0.717) is 23.8 Å². The number of nitrogens with zero attached hydrogens (tertiary/aromatic N) is 1. The van der Waals surface area contributed by atoms with Gasteiger partial charge in [0.2, 0.25) is 5.91 Å². The summed E-state index contributed by atoms with van der Waals surface area (Å²) in [5.74, 6) is -0.322. The van der Waals surface area contributed by atoms with Crippen LogP contribution < -0.4 is 10.6 Å². The number of para-hydroxylation sites is 2. The van der Waals surface area contributed by atoms with Crippen LogP contribution in [0.5, 0.6) is 0 Å². The fourth-order valence-electron chi connectivity index (χ4n) is 3.28. The van der Waals surface area contributed by atoms with Crippen molar-refractivity contribution < 1.29 is 9.59 Å². The smallest absolute Gasteiger partial charge is 0.257 e. The zero-order chi connectivity index (χ0) is 18.4. The Morgan fingerprint density at radius 2 is 1.73 bits per heavy atom. The van der Waals surface area contributed by atoms with Crippen LogP contribution in [0.3, 0.4) is 0 Å². The minimum Gasteiger partial charge on any atom is -0.324 e. The standard InChI is InChI=1S/C21H25N3O2/c1-16-9-7-8-14-24(16)15-20(25)23-19-13-6-5-12-18(19)21(26)22-17-10-3-2-4-11-17/h2-6,10-13,16H,7-9,14-15H2,1H3,(H,22,26)(H,23,25)/t16-/m1/s1. The van der Waals surface area contributed by atoms with Crippen LogP contribution in [0.15, 0.2) is 54.6 Å². The Labute approximate surface area is 154 Å². The zero-order valence-corrected chi connectivity index (χ0v) is 15.1. The van der Waals surface area contributed by atoms with Crippen LogP contribution >= 0.6 is 0 Å². The number of rotatable bonds is 5. The molecule has 2 aromatic rings. The number of likely N-dealkylation sites (tertiary alicyclic amines) is 1. The number of benzene rings is 2. The molecule has 1 saturated heterocycles. The predicted octanol–water partition coefficient (Wildman–Crippen LogP) is 3.75. The van der Waals surface area contributed by atoms with Gasteiger partial charge >= 0.3 is 0 Å². The van der Waals surface area contributed by atoms with E-state index in [1.165, 1.54) is 6.42 Å². The van der Waals surface area contributed by atoms with Gasteiger partial charge in [0, 0.05) is 11.7 Å².